The number of carboxylic acid groups (broad SMARTS) is 1. The van der Waals surface area contributed by atoms with Crippen LogP contribution in [0.5, 0.6) is 0 Å². The third-order valence-electron chi connectivity index (χ3n) is 6.24. The van der Waals surface area contributed by atoms with Gasteiger partial charge in [-0.05, 0) is 49.4 Å². The van der Waals surface area contributed by atoms with Crippen molar-refractivity contribution in [2.24, 2.45) is 23.7 Å². The van der Waals surface area contributed by atoms with Gasteiger partial charge in [0.1, 0.15) is 0 Å². The van der Waals surface area contributed by atoms with E-state index in [4.69, 9.17) is 5.11 Å². The summed E-state index contributed by atoms with van der Waals surface area (Å²) in [6, 6.07) is 0. The molecule has 0 heterocycles. The number of carbonyl (C=O) groups is 1. The number of rotatable bonds is 8. The first-order chi connectivity index (χ1) is 11.2. The lowest BCUT2D eigenvalue weighted by Crippen LogP contribution is -2.17. The average Bonchev–Trinajstić information content (AvgIpc) is 2.55. The Balaban J connectivity index is 1.56. The summed E-state index contributed by atoms with van der Waals surface area (Å²) in [5.41, 5.74) is 0. The van der Waals surface area contributed by atoms with Gasteiger partial charge in [0, 0.05) is 0 Å². The fourth-order valence-electron chi connectivity index (χ4n) is 4.72. The van der Waals surface area contributed by atoms with Crippen molar-refractivity contribution in [2.45, 2.75) is 90.4 Å². The molecular formula is C21H36O2. The second-order valence-corrected chi connectivity index (χ2v) is 8.06. The van der Waals surface area contributed by atoms with E-state index in [0.29, 0.717) is 5.92 Å². The van der Waals surface area contributed by atoms with Crippen LogP contribution in [0.15, 0.2) is 12.2 Å². The summed E-state index contributed by atoms with van der Waals surface area (Å²) < 4.78 is 0. The van der Waals surface area contributed by atoms with E-state index in [1.54, 1.807) is 0 Å². The Bertz CT molecular complexity index is 358. The van der Waals surface area contributed by atoms with Crippen molar-refractivity contribution >= 4 is 5.97 Å². The topological polar surface area (TPSA) is 37.3 Å². The van der Waals surface area contributed by atoms with Gasteiger partial charge < -0.3 is 5.11 Å². The molecule has 2 aliphatic carbocycles. The largest absolute Gasteiger partial charge is 0.481 e. The summed E-state index contributed by atoms with van der Waals surface area (Å²) in [6.45, 7) is 2.32. The fraction of sp³-hybridized carbons (Fsp3) is 0.857. The molecule has 0 radical (unpaired) electrons. The molecule has 0 aromatic rings. The van der Waals surface area contributed by atoms with Crippen molar-refractivity contribution in [3.8, 4) is 0 Å². The Morgan fingerprint density at radius 1 is 0.870 bits per heavy atom. The normalized spacial score (nSPS) is 32.2. The first kappa shape index (κ1) is 18.5. The molecule has 2 nitrogen and oxygen atoms in total. The van der Waals surface area contributed by atoms with Crippen molar-refractivity contribution in [3.63, 3.8) is 0 Å². The molecule has 132 valence electrons. The van der Waals surface area contributed by atoms with Gasteiger partial charge in [-0.3, -0.25) is 4.79 Å². The van der Waals surface area contributed by atoms with Gasteiger partial charge >= 0.3 is 5.97 Å². The molecule has 23 heavy (non-hydrogen) atoms. The molecule has 0 amide bonds. The second-order valence-electron chi connectivity index (χ2n) is 8.06. The number of hydrogen-bond donors (Lipinski definition) is 1. The summed E-state index contributed by atoms with van der Waals surface area (Å²) in [5.74, 6) is 2.90. The first-order valence-electron chi connectivity index (χ1n) is 10.1. The molecule has 0 bridgehead atoms. The van der Waals surface area contributed by atoms with E-state index in [0.717, 1.165) is 17.8 Å². The van der Waals surface area contributed by atoms with Crippen LogP contribution in [0.4, 0.5) is 0 Å². The standard InChI is InChI=1S/C21H36O2/c1-2-4-17-7-11-19(12-8-17)15-16-20-13-9-18(10-14-20)5-3-6-21(22)23/h3,5,17-20H,2,4,6-16H2,1H3,(H,22,23). The summed E-state index contributed by atoms with van der Waals surface area (Å²) >= 11 is 0. The predicted octanol–water partition coefficient (Wildman–Crippen LogP) is 6.21. The SMILES string of the molecule is CCCC1CCC(CCC2CCC(C=CCC(=O)O)CC2)CC1. The van der Waals surface area contributed by atoms with Crippen molar-refractivity contribution in [1.29, 1.82) is 0 Å². The van der Waals surface area contributed by atoms with Crippen LogP contribution in [0.3, 0.4) is 0 Å². The number of hydrogen-bond acceptors (Lipinski definition) is 1. The molecule has 0 aromatic heterocycles. The van der Waals surface area contributed by atoms with Gasteiger partial charge in [-0.1, -0.05) is 70.4 Å². The van der Waals surface area contributed by atoms with Crippen LogP contribution in [0.25, 0.3) is 0 Å². The molecule has 1 N–H and O–H groups in total. The van der Waals surface area contributed by atoms with Gasteiger partial charge in [0.05, 0.1) is 6.42 Å². The number of allylic oxidation sites excluding steroid dienone is 1. The van der Waals surface area contributed by atoms with Gasteiger partial charge in [0.2, 0.25) is 0 Å². The van der Waals surface area contributed by atoms with E-state index in [1.807, 2.05) is 6.08 Å². The number of carboxylic acids is 1. The third-order valence-corrected chi connectivity index (χ3v) is 6.24. The van der Waals surface area contributed by atoms with E-state index in [2.05, 4.69) is 13.0 Å². The minimum absolute atomic E-state index is 0.181. The average molecular weight is 321 g/mol. The van der Waals surface area contributed by atoms with E-state index in [1.165, 1.54) is 77.0 Å². The zero-order chi connectivity index (χ0) is 16.5. The summed E-state index contributed by atoms with van der Waals surface area (Å²) in [4.78, 5) is 10.5. The van der Waals surface area contributed by atoms with Crippen LogP contribution in [-0.4, -0.2) is 11.1 Å². The van der Waals surface area contributed by atoms with E-state index in [-0.39, 0.29) is 6.42 Å². The van der Waals surface area contributed by atoms with E-state index >= 15 is 0 Å². The first-order valence-corrected chi connectivity index (χ1v) is 10.1. The third kappa shape index (κ3) is 7.10. The molecule has 0 atom stereocenters. The van der Waals surface area contributed by atoms with Crippen LogP contribution in [0, 0.1) is 23.7 Å². The van der Waals surface area contributed by atoms with E-state index < -0.39 is 5.97 Å². The van der Waals surface area contributed by atoms with Crippen LogP contribution in [-0.2, 0) is 4.79 Å². The highest BCUT2D eigenvalue weighted by Gasteiger charge is 2.23. The Morgan fingerprint density at radius 3 is 1.83 bits per heavy atom. The molecule has 0 aliphatic heterocycles. The minimum Gasteiger partial charge on any atom is -0.481 e. The maximum Gasteiger partial charge on any atom is 0.307 e. The maximum atomic E-state index is 10.5. The Hall–Kier alpha value is -0.790. The molecule has 2 aliphatic rings. The second kappa shape index (κ2) is 10.2. The molecular weight excluding hydrogens is 284 g/mol. The summed E-state index contributed by atoms with van der Waals surface area (Å²) in [7, 11) is 0. The smallest absolute Gasteiger partial charge is 0.307 e. The van der Waals surface area contributed by atoms with Crippen LogP contribution >= 0.6 is 0 Å². The Morgan fingerprint density at radius 2 is 1.35 bits per heavy atom. The lowest BCUT2D eigenvalue weighted by atomic mass is 9.75. The molecule has 2 fully saturated rings. The molecule has 2 saturated carbocycles. The molecule has 0 spiro atoms. The zero-order valence-electron chi connectivity index (χ0n) is 15.0. The molecule has 2 heteroatoms. The maximum absolute atomic E-state index is 10.5. The molecule has 2 rings (SSSR count). The van der Waals surface area contributed by atoms with Crippen molar-refractivity contribution < 1.29 is 9.90 Å². The highest BCUT2D eigenvalue weighted by atomic mass is 16.4. The molecule has 0 saturated heterocycles. The highest BCUT2D eigenvalue weighted by molar-refractivity contribution is 5.68. The van der Waals surface area contributed by atoms with Crippen molar-refractivity contribution in [2.75, 3.05) is 0 Å². The summed E-state index contributed by atoms with van der Waals surface area (Å²) in [5, 5.41) is 8.67. The van der Waals surface area contributed by atoms with Gasteiger partial charge in [-0.2, -0.15) is 0 Å². The Labute approximate surface area is 142 Å². The van der Waals surface area contributed by atoms with Crippen LogP contribution < -0.4 is 0 Å². The Kier molecular flexibility index (Phi) is 8.19. The van der Waals surface area contributed by atoms with Gasteiger partial charge in [-0.25, -0.2) is 0 Å². The molecule has 0 aromatic carbocycles. The van der Waals surface area contributed by atoms with Crippen LogP contribution in [0.2, 0.25) is 0 Å². The minimum atomic E-state index is -0.719. The van der Waals surface area contributed by atoms with Crippen molar-refractivity contribution in [1.82, 2.24) is 0 Å². The predicted molar refractivity (Wildman–Crippen MR) is 96.4 cm³/mol. The fourth-order valence-corrected chi connectivity index (χ4v) is 4.72. The van der Waals surface area contributed by atoms with Crippen molar-refractivity contribution in [3.05, 3.63) is 12.2 Å². The van der Waals surface area contributed by atoms with Crippen LogP contribution in [0.1, 0.15) is 90.4 Å². The zero-order valence-corrected chi connectivity index (χ0v) is 15.0. The lowest BCUT2D eigenvalue weighted by Gasteiger charge is -2.31. The lowest BCUT2D eigenvalue weighted by molar-refractivity contribution is -0.136. The van der Waals surface area contributed by atoms with Gasteiger partial charge in [0.25, 0.3) is 0 Å². The highest BCUT2D eigenvalue weighted by Crippen LogP contribution is 2.37. The van der Waals surface area contributed by atoms with Gasteiger partial charge in [-0.15, -0.1) is 0 Å². The van der Waals surface area contributed by atoms with E-state index in [9.17, 15) is 4.79 Å². The van der Waals surface area contributed by atoms with Gasteiger partial charge in [0.15, 0.2) is 0 Å². The summed E-state index contributed by atoms with van der Waals surface area (Å²) in [6.07, 6.45) is 21.1. The molecule has 0 unspecified atom stereocenters. The number of aliphatic carboxylic acids is 1. The quantitative estimate of drug-likeness (QED) is 0.540. The monoisotopic (exact) mass is 320 g/mol.